The molecule has 2 aliphatic rings. The van der Waals surface area contributed by atoms with Crippen LogP contribution in [0.4, 0.5) is 23.0 Å². The van der Waals surface area contributed by atoms with Crippen molar-refractivity contribution in [3.8, 4) is 6.07 Å². The van der Waals surface area contributed by atoms with Crippen LogP contribution in [0.3, 0.4) is 0 Å². The number of hydrogen-bond acceptors (Lipinski definition) is 11. The average molecular weight is 566 g/mol. The average Bonchev–Trinajstić information content (AvgIpc) is 3.56. The summed E-state index contributed by atoms with van der Waals surface area (Å²) in [6, 6.07) is 20.0. The molecule has 214 valence electrons. The van der Waals surface area contributed by atoms with E-state index in [1.165, 1.54) is 19.1 Å². The third-order valence-electron chi connectivity index (χ3n) is 7.26. The van der Waals surface area contributed by atoms with Crippen molar-refractivity contribution >= 4 is 34.9 Å². The van der Waals surface area contributed by atoms with Gasteiger partial charge in [-0.05, 0) is 49.6 Å². The van der Waals surface area contributed by atoms with Crippen molar-refractivity contribution < 1.29 is 19.1 Å². The van der Waals surface area contributed by atoms with Crippen LogP contribution in [0.2, 0.25) is 0 Å². The van der Waals surface area contributed by atoms with Crippen LogP contribution in [0.1, 0.15) is 30.1 Å². The topological polar surface area (TPSA) is 147 Å². The Morgan fingerprint density at radius 2 is 1.67 bits per heavy atom. The normalized spacial score (nSPS) is 16.8. The molecule has 1 unspecified atom stereocenters. The monoisotopic (exact) mass is 565 g/mol. The summed E-state index contributed by atoms with van der Waals surface area (Å²) < 4.78 is 10.2. The quantitative estimate of drug-likeness (QED) is 0.400. The summed E-state index contributed by atoms with van der Waals surface area (Å²) >= 11 is 0. The van der Waals surface area contributed by atoms with E-state index in [2.05, 4.69) is 26.3 Å². The number of nitrogens with zero attached hydrogens (tertiary/aromatic N) is 5. The van der Waals surface area contributed by atoms with E-state index in [9.17, 15) is 14.9 Å². The first-order chi connectivity index (χ1) is 20.4. The Kier molecular flexibility index (Phi) is 8.06. The largest absolute Gasteiger partial charge is 0.466 e. The molecule has 1 atom stereocenters. The Bertz CT molecular complexity index is 1600. The second kappa shape index (κ2) is 12.0. The minimum Gasteiger partial charge on any atom is -0.466 e. The van der Waals surface area contributed by atoms with Gasteiger partial charge in [0.1, 0.15) is 29.0 Å². The van der Waals surface area contributed by atoms with E-state index >= 15 is 0 Å². The summed E-state index contributed by atoms with van der Waals surface area (Å²) in [7, 11) is 2.43. The highest BCUT2D eigenvalue weighted by molar-refractivity contribution is 6.06. The number of rotatable bonds is 7. The molecule has 42 heavy (non-hydrogen) atoms. The van der Waals surface area contributed by atoms with Crippen molar-refractivity contribution in [3.63, 3.8) is 0 Å². The van der Waals surface area contributed by atoms with Gasteiger partial charge in [-0.1, -0.05) is 30.3 Å². The molecule has 0 amide bonds. The van der Waals surface area contributed by atoms with Crippen molar-refractivity contribution in [2.24, 2.45) is 5.73 Å². The van der Waals surface area contributed by atoms with Crippen LogP contribution < -0.4 is 20.9 Å². The van der Waals surface area contributed by atoms with E-state index < -0.39 is 17.9 Å². The second-order valence-electron chi connectivity index (χ2n) is 9.86. The molecule has 2 aliphatic heterocycles. The molecule has 0 spiro atoms. The van der Waals surface area contributed by atoms with Gasteiger partial charge in [-0.25, -0.2) is 19.6 Å². The van der Waals surface area contributed by atoms with Crippen molar-refractivity contribution in [2.45, 2.75) is 25.7 Å². The molecular weight excluding hydrogens is 534 g/mol. The van der Waals surface area contributed by atoms with Crippen molar-refractivity contribution in [2.75, 3.05) is 42.4 Å². The Labute approximate surface area is 243 Å². The van der Waals surface area contributed by atoms with Gasteiger partial charge in [-0.15, -0.1) is 0 Å². The number of anilines is 4. The van der Waals surface area contributed by atoms with E-state index in [0.717, 1.165) is 37.4 Å². The van der Waals surface area contributed by atoms with E-state index in [-0.39, 0.29) is 22.7 Å². The lowest BCUT2D eigenvalue weighted by molar-refractivity contribution is -0.139. The standard InChI is InChI=1S/C31H31N7O4/c1-19-34-24(17-25(35-19)37-15-7-8-16-37)36-21-11-13-22(14-12-21)38-28(31(40)42-3)27(30(39)41-2)26(23(18-32)29(38)33)20-9-5-4-6-10-20/h4-6,9-14,17,26H,7-8,15-16,33H2,1-3H3,(H,34,35,36). The second-order valence-corrected chi connectivity index (χ2v) is 9.86. The summed E-state index contributed by atoms with van der Waals surface area (Å²) in [5, 5.41) is 13.5. The number of nitriles is 1. The molecule has 0 saturated carbocycles. The number of methoxy groups -OCH3 is 2. The SMILES string of the molecule is COC(=O)C1=C(C(=O)OC)N(c2ccc(Nc3cc(N4CCCC4)nc(C)n3)cc2)C(N)=C(C#N)C1c1ccccc1. The fraction of sp³-hybridized carbons (Fsp3) is 0.258. The van der Waals surface area contributed by atoms with Crippen LogP contribution in [0.15, 0.2) is 83.3 Å². The molecule has 11 heteroatoms. The third kappa shape index (κ3) is 5.34. The zero-order chi connectivity index (χ0) is 29.8. The lowest BCUT2D eigenvalue weighted by Gasteiger charge is -2.35. The highest BCUT2D eigenvalue weighted by Crippen LogP contribution is 2.43. The molecule has 1 aromatic heterocycles. The van der Waals surface area contributed by atoms with Gasteiger partial charge in [0.25, 0.3) is 0 Å². The van der Waals surface area contributed by atoms with Gasteiger partial charge in [-0.2, -0.15) is 5.26 Å². The van der Waals surface area contributed by atoms with Gasteiger partial charge in [0, 0.05) is 30.5 Å². The summed E-state index contributed by atoms with van der Waals surface area (Å²) in [4.78, 5) is 39.2. The minimum absolute atomic E-state index is 0.00166. The predicted octanol–water partition coefficient (Wildman–Crippen LogP) is 4.03. The molecule has 0 radical (unpaired) electrons. The molecule has 5 rings (SSSR count). The molecule has 3 heterocycles. The van der Waals surface area contributed by atoms with Gasteiger partial charge >= 0.3 is 11.9 Å². The Hall–Kier alpha value is -5.37. The number of nitrogens with one attached hydrogen (secondary N) is 1. The number of nitrogens with two attached hydrogens (primary N) is 1. The van der Waals surface area contributed by atoms with E-state index in [1.54, 1.807) is 48.5 Å². The molecule has 0 bridgehead atoms. The first-order valence-electron chi connectivity index (χ1n) is 13.5. The number of hydrogen-bond donors (Lipinski definition) is 2. The van der Waals surface area contributed by atoms with E-state index in [0.29, 0.717) is 22.9 Å². The zero-order valence-corrected chi connectivity index (χ0v) is 23.6. The third-order valence-corrected chi connectivity index (χ3v) is 7.26. The number of aromatic nitrogens is 2. The maximum Gasteiger partial charge on any atom is 0.355 e. The summed E-state index contributed by atoms with van der Waals surface area (Å²) in [5.41, 5.74) is 8.28. The van der Waals surface area contributed by atoms with Crippen LogP contribution in [0, 0.1) is 18.3 Å². The highest BCUT2D eigenvalue weighted by Gasteiger charge is 2.43. The first-order valence-corrected chi connectivity index (χ1v) is 13.5. The summed E-state index contributed by atoms with van der Waals surface area (Å²) in [5.74, 6) is -0.321. The Morgan fingerprint density at radius 1 is 1.00 bits per heavy atom. The predicted molar refractivity (Wildman–Crippen MR) is 157 cm³/mol. The number of carbonyl (C=O) groups is 2. The van der Waals surface area contributed by atoms with Crippen LogP contribution in [-0.4, -0.2) is 49.2 Å². The lowest BCUT2D eigenvalue weighted by Crippen LogP contribution is -2.40. The number of carbonyl (C=O) groups excluding carboxylic acids is 2. The van der Waals surface area contributed by atoms with Crippen LogP contribution in [-0.2, 0) is 19.1 Å². The number of allylic oxidation sites excluding steroid dienone is 1. The number of ether oxygens (including phenoxy) is 2. The van der Waals surface area contributed by atoms with Crippen LogP contribution in [0.25, 0.3) is 0 Å². The number of esters is 2. The zero-order valence-electron chi connectivity index (χ0n) is 23.6. The van der Waals surface area contributed by atoms with Crippen molar-refractivity contribution in [3.05, 3.63) is 94.7 Å². The highest BCUT2D eigenvalue weighted by atomic mass is 16.5. The molecule has 2 aromatic carbocycles. The molecular formula is C31H31N7O4. The Morgan fingerprint density at radius 3 is 2.29 bits per heavy atom. The van der Waals surface area contributed by atoms with Crippen LogP contribution >= 0.6 is 0 Å². The van der Waals surface area contributed by atoms with Gasteiger partial charge in [0.2, 0.25) is 0 Å². The van der Waals surface area contributed by atoms with E-state index in [1.807, 2.05) is 19.1 Å². The van der Waals surface area contributed by atoms with Crippen molar-refractivity contribution in [1.29, 1.82) is 5.26 Å². The van der Waals surface area contributed by atoms with Gasteiger partial charge in [-0.3, -0.25) is 4.90 Å². The Balaban J connectivity index is 1.55. The summed E-state index contributed by atoms with van der Waals surface area (Å²) in [6.07, 6.45) is 2.28. The van der Waals surface area contributed by atoms with Gasteiger partial charge in [0.15, 0.2) is 0 Å². The number of benzene rings is 2. The first kappa shape index (κ1) is 28.2. The van der Waals surface area contributed by atoms with Gasteiger partial charge in [0.05, 0.1) is 37.4 Å². The van der Waals surface area contributed by atoms with E-state index in [4.69, 9.17) is 15.2 Å². The maximum atomic E-state index is 13.3. The molecule has 1 saturated heterocycles. The van der Waals surface area contributed by atoms with Crippen molar-refractivity contribution in [1.82, 2.24) is 9.97 Å². The smallest absolute Gasteiger partial charge is 0.355 e. The van der Waals surface area contributed by atoms with Crippen LogP contribution in [0.5, 0.6) is 0 Å². The molecule has 3 N–H and O–H groups in total. The summed E-state index contributed by atoms with van der Waals surface area (Å²) in [6.45, 7) is 3.79. The number of aryl methyl sites for hydroxylation is 1. The minimum atomic E-state index is -0.930. The fourth-order valence-electron chi connectivity index (χ4n) is 5.35. The fourth-order valence-corrected chi connectivity index (χ4v) is 5.35. The molecule has 11 nitrogen and oxygen atoms in total. The van der Waals surface area contributed by atoms with Gasteiger partial charge < -0.3 is 25.4 Å². The maximum absolute atomic E-state index is 13.3. The molecule has 1 fully saturated rings. The molecule has 3 aromatic rings. The lowest BCUT2D eigenvalue weighted by atomic mass is 9.81. The molecule has 0 aliphatic carbocycles.